The molecule has 0 aliphatic carbocycles. The summed E-state index contributed by atoms with van der Waals surface area (Å²) in [7, 11) is 2.10. The molecule has 1 N–H and O–H groups in total. The van der Waals surface area contributed by atoms with Crippen LogP contribution in [0.4, 0.5) is 0 Å². The van der Waals surface area contributed by atoms with Crippen LogP contribution < -0.4 is 0 Å². The van der Waals surface area contributed by atoms with Gasteiger partial charge in [-0.3, -0.25) is 0 Å². The van der Waals surface area contributed by atoms with Gasteiger partial charge < -0.3 is 10.0 Å². The Labute approximate surface area is 108 Å². The molecule has 0 aromatic heterocycles. The summed E-state index contributed by atoms with van der Waals surface area (Å²) in [5.41, 5.74) is 1.29. The van der Waals surface area contributed by atoms with Crippen LogP contribution in [0.2, 0.25) is 5.02 Å². The molecular weight excluding hydrogens is 234 g/mol. The summed E-state index contributed by atoms with van der Waals surface area (Å²) in [6.45, 7) is 5.05. The largest absolute Gasteiger partial charge is 0.385 e. The number of benzene rings is 1. The first-order valence-electron chi connectivity index (χ1n) is 6.11. The van der Waals surface area contributed by atoms with Crippen molar-refractivity contribution in [2.75, 3.05) is 13.6 Å². The highest BCUT2D eigenvalue weighted by atomic mass is 35.5. The van der Waals surface area contributed by atoms with E-state index in [0.717, 1.165) is 35.5 Å². The van der Waals surface area contributed by atoms with Crippen molar-refractivity contribution in [1.29, 1.82) is 0 Å². The van der Waals surface area contributed by atoms with Gasteiger partial charge in [-0.25, -0.2) is 0 Å². The number of hydrogen-bond donors (Lipinski definition) is 1. The molecule has 0 amide bonds. The molecule has 1 saturated heterocycles. The van der Waals surface area contributed by atoms with Crippen LogP contribution in [0, 0.1) is 6.92 Å². The van der Waals surface area contributed by atoms with Crippen molar-refractivity contribution >= 4 is 11.6 Å². The van der Waals surface area contributed by atoms with E-state index in [1.807, 2.05) is 25.1 Å². The van der Waals surface area contributed by atoms with Crippen molar-refractivity contribution in [3.05, 3.63) is 34.3 Å². The number of nitrogens with zero attached hydrogens (tertiary/aromatic N) is 1. The summed E-state index contributed by atoms with van der Waals surface area (Å²) >= 11 is 6.14. The highest BCUT2D eigenvalue weighted by Gasteiger charge is 2.36. The number of piperidine rings is 1. The molecule has 0 bridgehead atoms. The Morgan fingerprint density at radius 1 is 1.47 bits per heavy atom. The van der Waals surface area contributed by atoms with E-state index in [1.165, 1.54) is 0 Å². The second-order valence-electron chi connectivity index (χ2n) is 5.28. The lowest BCUT2D eigenvalue weighted by Crippen LogP contribution is -2.45. The molecule has 0 radical (unpaired) electrons. The topological polar surface area (TPSA) is 23.5 Å². The number of hydrogen-bond acceptors (Lipinski definition) is 2. The van der Waals surface area contributed by atoms with Crippen LogP contribution in [0.5, 0.6) is 0 Å². The van der Waals surface area contributed by atoms with E-state index < -0.39 is 5.60 Å². The average Bonchev–Trinajstić information content (AvgIpc) is 2.28. The van der Waals surface area contributed by atoms with Gasteiger partial charge in [-0.15, -0.1) is 0 Å². The summed E-state index contributed by atoms with van der Waals surface area (Å²) in [6.07, 6.45) is 1.54. The Bertz CT molecular complexity index is 421. The van der Waals surface area contributed by atoms with E-state index in [0.29, 0.717) is 6.04 Å². The summed E-state index contributed by atoms with van der Waals surface area (Å²) < 4.78 is 0. The molecule has 2 atom stereocenters. The molecule has 1 aliphatic heterocycles. The maximum Gasteiger partial charge on any atom is 0.0924 e. The van der Waals surface area contributed by atoms with Crippen molar-refractivity contribution < 1.29 is 5.11 Å². The van der Waals surface area contributed by atoms with Crippen LogP contribution in [0.25, 0.3) is 0 Å². The molecule has 1 aromatic carbocycles. The van der Waals surface area contributed by atoms with Crippen molar-refractivity contribution in [2.45, 2.75) is 38.3 Å². The molecular formula is C14H20ClNO. The number of aryl methyl sites for hydroxylation is 1. The van der Waals surface area contributed by atoms with E-state index in [2.05, 4.69) is 18.9 Å². The molecule has 1 aliphatic rings. The summed E-state index contributed by atoms with van der Waals surface area (Å²) in [5.74, 6) is 0. The van der Waals surface area contributed by atoms with Crippen molar-refractivity contribution in [3.63, 3.8) is 0 Å². The van der Waals surface area contributed by atoms with E-state index in [-0.39, 0.29) is 0 Å². The molecule has 0 spiro atoms. The third-order valence-corrected chi connectivity index (χ3v) is 4.38. The fourth-order valence-corrected chi connectivity index (χ4v) is 2.65. The minimum absolute atomic E-state index is 0.397. The van der Waals surface area contributed by atoms with Crippen LogP contribution in [-0.4, -0.2) is 29.6 Å². The molecule has 1 fully saturated rings. The van der Waals surface area contributed by atoms with Gasteiger partial charge in [0.05, 0.1) is 5.60 Å². The van der Waals surface area contributed by atoms with Gasteiger partial charge in [0.25, 0.3) is 0 Å². The Balaban J connectivity index is 2.29. The number of rotatable bonds is 1. The summed E-state index contributed by atoms with van der Waals surface area (Å²) in [4.78, 5) is 2.28. The predicted octanol–water partition coefficient (Wildman–Crippen LogP) is 2.95. The highest BCUT2D eigenvalue weighted by molar-refractivity contribution is 6.31. The summed E-state index contributed by atoms with van der Waals surface area (Å²) in [5, 5.41) is 11.5. The number of halogens is 1. The van der Waals surface area contributed by atoms with Gasteiger partial charge in [0.2, 0.25) is 0 Å². The van der Waals surface area contributed by atoms with Crippen LogP contribution in [0.3, 0.4) is 0 Å². The Kier molecular flexibility index (Phi) is 3.48. The summed E-state index contributed by atoms with van der Waals surface area (Å²) in [6, 6.07) is 6.29. The number of likely N-dealkylation sites (tertiary alicyclic amines) is 1. The molecule has 1 heterocycles. The number of aliphatic hydroxyl groups is 1. The van der Waals surface area contributed by atoms with Crippen molar-refractivity contribution in [1.82, 2.24) is 4.90 Å². The van der Waals surface area contributed by atoms with E-state index in [1.54, 1.807) is 0 Å². The van der Waals surface area contributed by atoms with E-state index >= 15 is 0 Å². The average molecular weight is 254 g/mol. The molecule has 1 aromatic rings. The van der Waals surface area contributed by atoms with E-state index in [9.17, 15) is 5.11 Å². The lowest BCUT2D eigenvalue weighted by Gasteiger charge is -2.41. The van der Waals surface area contributed by atoms with Crippen LogP contribution in [0.1, 0.15) is 30.9 Å². The molecule has 3 heteroatoms. The maximum absolute atomic E-state index is 10.8. The Hall–Kier alpha value is -0.570. The van der Waals surface area contributed by atoms with Crippen LogP contribution in [-0.2, 0) is 5.60 Å². The van der Waals surface area contributed by atoms with Gasteiger partial charge in [0.15, 0.2) is 0 Å². The monoisotopic (exact) mass is 253 g/mol. The zero-order chi connectivity index (χ0) is 12.6. The fraction of sp³-hybridized carbons (Fsp3) is 0.571. The lowest BCUT2D eigenvalue weighted by molar-refractivity contribution is -0.0408. The fourth-order valence-electron chi connectivity index (χ4n) is 2.47. The molecule has 0 saturated carbocycles. The Morgan fingerprint density at radius 3 is 2.76 bits per heavy atom. The highest BCUT2D eigenvalue weighted by Crippen LogP contribution is 2.36. The van der Waals surface area contributed by atoms with Gasteiger partial charge in [-0.1, -0.05) is 23.7 Å². The van der Waals surface area contributed by atoms with Gasteiger partial charge in [0.1, 0.15) is 0 Å². The van der Waals surface area contributed by atoms with Gasteiger partial charge in [-0.05, 0) is 50.9 Å². The first kappa shape index (κ1) is 12.9. The van der Waals surface area contributed by atoms with Gasteiger partial charge in [0, 0.05) is 17.6 Å². The van der Waals surface area contributed by atoms with Crippen molar-refractivity contribution in [3.8, 4) is 0 Å². The zero-order valence-electron chi connectivity index (χ0n) is 10.7. The van der Waals surface area contributed by atoms with Gasteiger partial charge >= 0.3 is 0 Å². The first-order valence-corrected chi connectivity index (χ1v) is 6.49. The van der Waals surface area contributed by atoms with Crippen molar-refractivity contribution in [2.24, 2.45) is 0 Å². The third kappa shape index (κ3) is 2.49. The SMILES string of the molecule is Cc1ccc(C2(O)CCN(C)C(C)C2)cc1Cl. The molecule has 94 valence electrons. The van der Waals surface area contributed by atoms with Crippen LogP contribution in [0.15, 0.2) is 18.2 Å². The van der Waals surface area contributed by atoms with E-state index in [4.69, 9.17) is 11.6 Å². The molecule has 2 nitrogen and oxygen atoms in total. The lowest BCUT2D eigenvalue weighted by atomic mass is 9.81. The predicted molar refractivity (Wildman–Crippen MR) is 71.4 cm³/mol. The minimum Gasteiger partial charge on any atom is -0.385 e. The maximum atomic E-state index is 10.8. The zero-order valence-corrected chi connectivity index (χ0v) is 11.5. The molecule has 2 unspecified atom stereocenters. The first-order chi connectivity index (χ1) is 7.92. The standard InChI is InChI=1S/C14H20ClNO/c1-10-4-5-12(8-13(10)15)14(17)6-7-16(3)11(2)9-14/h4-5,8,11,17H,6-7,9H2,1-3H3. The molecule has 17 heavy (non-hydrogen) atoms. The third-order valence-electron chi connectivity index (χ3n) is 3.97. The second kappa shape index (κ2) is 4.60. The minimum atomic E-state index is -0.719. The second-order valence-corrected chi connectivity index (χ2v) is 5.69. The quantitative estimate of drug-likeness (QED) is 0.832. The van der Waals surface area contributed by atoms with Crippen LogP contribution >= 0.6 is 11.6 Å². The smallest absolute Gasteiger partial charge is 0.0924 e. The Morgan fingerprint density at radius 2 is 2.18 bits per heavy atom. The van der Waals surface area contributed by atoms with Gasteiger partial charge in [-0.2, -0.15) is 0 Å². The molecule has 2 rings (SSSR count). The normalized spacial score (nSPS) is 30.5.